The lowest BCUT2D eigenvalue weighted by atomic mass is 10.2. The molecule has 0 fully saturated rings. The van der Waals surface area contributed by atoms with Gasteiger partial charge in [0.25, 0.3) is 10.0 Å². The first-order valence-corrected chi connectivity index (χ1v) is 11.7. The summed E-state index contributed by atoms with van der Waals surface area (Å²) in [4.78, 5) is 12.8. The third-order valence-corrected chi connectivity index (χ3v) is 6.99. The van der Waals surface area contributed by atoms with Crippen molar-refractivity contribution in [1.82, 2.24) is 5.32 Å². The first-order chi connectivity index (χ1) is 14.7. The van der Waals surface area contributed by atoms with E-state index in [1.807, 2.05) is 6.92 Å². The second kappa shape index (κ2) is 9.73. The molecule has 0 aliphatic carbocycles. The highest BCUT2D eigenvalue weighted by atomic mass is 35.5. The molecule has 162 valence electrons. The van der Waals surface area contributed by atoms with E-state index in [1.165, 1.54) is 12.1 Å². The molecule has 0 saturated heterocycles. The summed E-state index contributed by atoms with van der Waals surface area (Å²) in [6.45, 7) is 3.52. The molecule has 0 aliphatic heterocycles. The minimum Gasteiger partial charge on any atom is -0.350 e. The Kier molecular flexibility index (Phi) is 7.26. The second-order valence-corrected chi connectivity index (χ2v) is 9.89. The van der Waals surface area contributed by atoms with Gasteiger partial charge >= 0.3 is 0 Å². The molecule has 5 nitrogen and oxygen atoms in total. The van der Waals surface area contributed by atoms with E-state index in [9.17, 15) is 13.2 Å². The highest BCUT2D eigenvalue weighted by Crippen LogP contribution is 2.29. The van der Waals surface area contributed by atoms with Crippen molar-refractivity contribution >= 4 is 44.8 Å². The van der Waals surface area contributed by atoms with Gasteiger partial charge in [0.2, 0.25) is 5.91 Å². The molecule has 0 aromatic heterocycles. The summed E-state index contributed by atoms with van der Waals surface area (Å²) in [6, 6.07) is 18.5. The molecule has 0 spiro atoms. The maximum absolute atomic E-state index is 13.4. The Labute approximate surface area is 192 Å². The summed E-state index contributed by atoms with van der Waals surface area (Å²) in [5, 5.41) is 3.86. The van der Waals surface area contributed by atoms with E-state index in [0.717, 1.165) is 15.4 Å². The molecular formula is C23H22Cl2N2O3S. The molecule has 1 N–H and O–H groups in total. The fourth-order valence-corrected chi connectivity index (χ4v) is 4.86. The van der Waals surface area contributed by atoms with Crippen molar-refractivity contribution < 1.29 is 13.2 Å². The molecule has 1 amide bonds. The van der Waals surface area contributed by atoms with E-state index in [0.29, 0.717) is 21.3 Å². The quantitative estimate of drug-likeness (QED) is 0.514. The lowest BCUT2D eigenvalue weighted by Crippen LogP contribution is -2.41. The summed E-state index contributed by atoms with van der Waals surface area (Å²) < 4.78 is 28.0. The molecule has 8 heteroatoms. The summed E-state index contributed by atoms with van der Waals surface area (Å²) in [5.74, 6) is -0.431. The van der Waals surface area contributed by atoms with Gasteiger partial charge in [-0.25, -0.2) is 8.42 Å². The molecule has 0 aliphatic rings. The van der Waals surface area contributed by atoms with Crippen LogP contribution in [0.4, 0.5) is 5.69 Å². The van der Waals surface area contributed by atoms with Gasteiger partial charge in [0, 0.05) is 16.6 Å². The highest BCUT2D eigenvalue weighted by Gasteiger charge is 2.28. The van der Waals surface area contributed by atoms with Crippen molar-refractivity contribution in [3.05, 3.63) is 93.5 Å². The molecule has 0 radical (unpaired) electrons. The van der Waals surface area contributed by atoms with Gasteiger partial charge in [0.15, 0.2) is 0 Å². The van der Waals surface area contributed by atoms with Crippen molar-refractivity contribution in [2.45, 2.75) is 25.3 Å². The van der Waals surface area contributed by atoms with Crippen LogP contribution in [0.2, 0.25) is 10.0 Å². The van der Waals surface area contributed by atoms with Crippen LogP contribution in [0.15, 0.2) is 71.6 Å². The summed E-state index contributed by atoms with van der Waals surface area (Å²) >= 11 is 11.9. The molecule has 3 aromatic rings. The van der Waals surface area contributed by atoms with Crippen LogP contribution in [0.3, 0.4) is 0 Å². The number of carbonyl (C=O) groups excluding carboxylic acids is 1. The largest absolute Gasteiger partial charge is 0.350 e. The van der Waals surface area contributed by atoms with E-state index in [2.05, 4.69) is 5.32 Å². The predicted octanol–water partition coefficient (Wildman–Crippen LogP) is 5.12. The van der Waals surface area contributed by atoms with Gasteiger partial charge in [-0.05, 0) is 67.4 Å². The Morgan fingerprint density at radius 3 is 2.13 bits per heavy atom. The van der Waals surface area contributed by atoms with Crippen LogP contribution in [0, 0.1) is 13.8 Å². The van der Waals surface area contributed by atoms with Gasteiger partial charge in [-0.2, -0.15) is 0 Å². The maximum Gasteiger partial charge on any atom is 0.264 e. The fraction of sp³-hybridized carbons (Fsp3) is 0.174. The Bertz CT molecular complexity index is 1180. The SMILES string of the molecule is Cc1ccc(S(=O)(=O)N(CC(=O)NCc2ccc(Cl)cc2)c2ccc(Cl)cc2C)cc1. The van der Waals surface area contributed by atoms with Crippen LogP contribution in [0.1, 0.15) is 16.7 Å². The van der Waals surface area contributed by atoms with E-state index < -0.39 is 15.9 Å². The van der Waals surface area contributed by atoms with Gasteiger partial charge in [-0.3, -0.25) is 9.10 Å². The number of anilines is 1. The van der Waals surface area contributed by atoms with Crippen molar-refractivity contribution in [3.8, 4) is 0 Å². The Balaban J connectivity index is 1.89. The first-order valence-electron chi connectivity index (χ1n) is 9.53. The number of hydrogen-bond acceptors (Lipinski definition) is 3. The van der Waals surface area contributed by atoms with Crippen molar-refractivity contribution in [2.24, 2.45) is 0 Å². The van der Waals surface area contributed by atoms with E-state index in [1.54, 1.807) is 61.5 Å². The van der Waals surface area contributed by atoms with Gasteiger partial charge in [0.05, 0.1) is 10.6 Å². The lowest BCUT2D eigenvalue weighted by molar-refractivity contribution is -0.119. The molecule has 0 unspecified atom stereocenters. The molecule has 31 heavy (non-hydrogen) atoms. The van der Waals surface area contributed by atoms with Crippen molar-refractivity contribution in [2.75, 3.05) is 10.8 Å². The molecule has 0 bridgehead atoms. The van der Waals surface area contributed by atoms with Gasteiger partial charge in [0.1, 0.15) is 6.54 Å². The number of halogens is 2. The van der Waals surface area contributed by atoms with Crippen LogP contribution >= 0.6 is 23.2 Å². The van der Waals surface area contributed by atoms with E-state index >= 15 is 0 Å². The Hall–Kier alpha value is -2.54. The third kappa shape index (κ3) is 5.79. The minimum atomic E-state index is -3.98. The normalized spacial score (nSPS) is 11.2. The van der Waals surface area contributed by atoms with Crippen LogP contribution < -0.4 is 9.62 Å². The molecule has 0 atom stereocenters. The van der Waals surface area contributed by atoms with Crippen molar-refractivity contribution in [1.29, 1.82) is 0 Å². The van der Waals surface area contributed by atoms with E-state index in [4.69, 9.17) is 23.2 Å². The van der Waals surface area contributed by atoms with Gasteiger partial charge < -0.3 is 5.32 Å². The monoisotopic (exact) mass is 476 g/mol. The standard InChI is InChI=1S/C23H22Cl2N2O3S/c1-16-3-10-21(11-4-16)31(29,30)27(22-12-9-20(25)13-17(22)2)15-23(28)26-14-18-5-7-19(24)8-6-18/h3-13H,14-15H2,1-2H3,(H,26,28). The predicted molar refractivity (Wildman–Crippen MR) is 125 cm³/mol. The number of sulfonamides is 1. The van der Waals surface area contributed by atoms with E-state index in [-0.39, 0.29) is 18.0 Å². The highest BCUT2D eigenvalue weighted by molar-refractivity contribution is 7.92. The minimum absolute atomic E-state index is 0.109. The average molecular weight is 477 g/mol. The summed E-state index contributed by atoms with van der Waals surface area (Å²) in [6.07, 6.45) is 0. The number of benzene rings is 3. The second-order valence-electron chi connectivity index (χ2n) is 7.16. The van der Waals surface area contributed by atoms with Crippen molar-refractivity contribution in [3.63, 3.8) is 0 Å². The summed E-state index contributed by atoms with van der Waals surface area (Å²) in [5.41, 5.74) is 2.84. The zero-order valence-corrected chi connectivity index (χ0v) is 19.4. The Morgan fingerprint density at radius 2 is 1.52 bits per heavy atom. The topological polar surface area (TPSA) is 66.5 Å². The third-order valence-electron chi connectivity index (χ3n) is 4.73. The number of hydrogen-bond donors (Lipinski definition) is 1. The molecular weight excluding hydrogens is 455 g/mol. The number of rotatable bonds is 7. The van der Waals surface area contributed by atoms with Crippen LogP contribution in [-0.4, -0.2) is 20.9 Å². The lowest BCUT2D eigenvalue weighted by Gasteiger charge is -2.26. The maximum atomic E-state index is 13.4. The van der Waals surface area contributed by atoms with Gasteiger partial charge in [-0.1, -0.05) is 53.0 Å². The molecule has 3 rings (SSSR count). The van der Waals surface area contributed by atoms with Crippen LogP contribution in [0.5, 0.6) is 0 Å². The molecule has 3 aromatic carbocycles. The number of aryl methyl sites for hydroxylation is 2. The smallest absolute Gasteiger partial charge is 0.264 e. The number of carbonyl (C=O) groups is 1. The fourth-order valence-electron chi connectivity index (χ4n) is 3.03. The van der Waals surface area contributed by atoms with Crippen LogP contribution in [0.25, 0.3) is 0 Å². The molecule has 0 saturated carbocycles. The first kappa shape index (κ1) is 23.1. The van der Waals surface area contributed by atoms with Crippen LogP contribution in [-0.2, 0) is 21.4 Å². The number of amides is 1. The Morgan fingerprint density at radius 1 is 0.903 bits per heavy atom. The summed E-state index contributed by atoms with van der Waals surface area (Å²) in [7, 11) is -3.98. The average Bonchev–Trinajstić information content (AvgIpc) is 2.72. The molecule has 0 heterocycles. The number of nitrogens with zero attached hydrogens (tertiary/aromatic N) is 1. The zero-order chi connectivity index (χ0) is 22.6. The number of nitrogens with one attached hydrogen (secondary N) is 1. The zero-order valence-electron chi connectivity index (χ0n) is 17.1. The van der Waals surface area contributed by atoms with Gasteiger partial charge in [-0.15, -0.1) is 0 Å².